The first-order valence-corrected chi connectivity index (χ1v) is 10.7. The number of aliphatic hydroxyl groups is 1. The number of benzene rings is 3. The lowest BCUT2D eigenvalue weighted by Gasteiger charge is -2.25. The van der Waals surface area contributed by atoms with Gasteiger partial charge in [-0.05, 0) is 59.7 Å². The molecule has 5 nitrogen and oxygen atoms in total. The number of nitrogens with zero attached hydrogens (tertiary/aromatic N) is 1. The molecule has 1 unspecified atom stereocenters. The van der Waals surface area contributed by atoms with E-state index in [4.69, 9.17) is 9.15 Å². The number of rotatable bonds is 10. The van der Waals surface area contributed by atoms with Gasteiger partial charge in [-0.25, -0.2) is 0 Å². The number of aliphatic hydroxyl groups excluding tert-OH is 1. The Morgan fingerprint density at radius 3 is 2.50 bits per heavy atom. The van der Waals surface area contributed by atoms with E-state index in [9.17, 15) is 9.90 Å². The number of carbonyl (C=O) groups is 1. The van der Waals surface area contributed by atoms with Gasteiger partial charge in [0.15, 0.2) is 5.78 Å². The molecule has 0 aliphatic carbocycles. The maximum atomic E-state index is 11.4. The predicted octanol–water partition coefficient (Wildman–Crippen LogP) is 5.08. The second-order valence-electron chi connectivity index (χ2n) is 7.93. The van der Waals surface area contributed by atoms with Gasteiger partial charge in [0.25, 0.3) is 0 Å². The van der Waals surface area contributed by atoms with E-state index in [1.165, 1.54) is 23.3 Å². The topological polar surface area (TPSA) is 62.9 Å². The van der Waals surface area contributed by atoms with Gasteiger partial charge in [0, 0.05) is 18.7 Å². The van der Waals surface area contributed by atoms with Crippen LogP contribution < -0.4 is 4.74 Å². The molecular formula is C27H27NO4. The summed E-state index contributed by atoms with van der Waals surface area (Å²) in [5.74, 6) is 1.48. The lowest BCUT2D eigenvalue weighted by Crippen LogP contribution is -2.35. The van der Waals surface area contributed by atoms with Crippen molar-refractivity contribution in [2.75, 3.05) is 13.2 Å². The van der Waals surface area contributed by atoms with E-state index in [-0.39, 0.29) is 12.4 Å². The van der Waals surface area contributed by atoms with Crippen molar-refractivity contribution in [1.29, 1.82) is 0 Å². The summed E-state index contributed by atoms with van der Waals surface area (Å²) in [5.41, 5.74) is 1.83. The van der Waals surface area contributed by atoms with Crippen LogP contribution in [-0.4, -0.2) is 35.0 Å². The van der Waals surface area contributed by atoms with Crippen molar-refractivity contribution >= 4 is 16.6 Å². The Balaban J connectivity index is 1.43. The molecule has 0 amide bonds. The minimum absolute atomic E-state index is 0.0126. The fourth-order valence-corrected chi connectivity index (χ4v) is 3.81. The summed E-state index contributed by atoms with van der Waals surface area (Å²) >= 11 is 0. The number of ether oxygens (including phenoxy) is 1. The van der Waals surface area contributed by atoms with Crippen LogP contribution in [0.1, 0.15) is 28.6 Å². The maximum Gasteiger partial charge on any atom is 0.159 e. The summed E-state index contributed by atoms with van der Waals surface area (Å²) in [6.07, 6.45) is 0.975. The summed E-state index contributed by atoms with van der Waals surface area (Å²) in [4.78, 5) is 13.6. The van der Waals surface area contributed by atoms with E-state index < -0.39 is 6.10 Å². The predicted molar refractivity (Wildman–Crippen MR) is 125 cm³/mol. The lowest BCUT2D eigenvalue weighted by atomic mass is 10.0. The second kappa shape index (κ2) is 10.3. The van der Waals surface area contributed by atoms with E-state index in [0.717, 1.165) is 5.76 Å². The largest absolute Gasteiger partial charge is 0.491 e. The van der Waals surface area contributed by atoms with Gasteiger partial charge in [-0.1, -0.05) is 42.5 Å². The molecule has 32 heavy (non-hydrogen) atoms. The van der Waals surface area contributed by atoms with Crippen molar-refractivity contribution in [3.63, 3.8) is 0 Å². The van der Waals surface area contributed by atoms with E-state index >= 15 is 0 Å². The average Bonchev–Trinajstić information content (AvgIpc) is 3.31. The van der Waals surface area contributed by atoms with Crippen LogP contribution in [0.25, 0.3) is 10.8 Å². The van der Waals surface area contributed by atoms with Gasteiger partial charge in [0.2, 0.25) is 0 Å². The Morgan fingerprint density at radius 2 is 1.75 bits per heavy atom. The Labute approximate surface area is 187 Å². The maximum absolute atomic E-state index is 11.4. The van der Waals surface area contributed by atoms with Crippen molar-refractivity contribution in [2.24, 2.45) is 0 Å². The number of Topliss-reactive ketones (excluding diaryl/α,β-unsaturated/α-hetero) is 1. The third-order valence-electron chi connectivity index (χ3n) is 5.41. The summed E-state index contributed by atoms with van der Waals surface area (Å²) in [6, 6.07) is 25.4. The Kier molecular flexibility index (Phi) is 7.00. The summed E-state index contributed by atoms with van der Waals surface area (Å²) < 4.78 is 11.3. The van der Waals surface area contributed by atoms with E-state index in [0.29, 0.717) is 30.9 Å². The van der Waals surface area contributed by atoms with Gasteiger partial charge in [-0.15, -0.1) is 0 Å². The number of fused-ring (bicyclic) bond motifs is 1. The second-order valence-corrected chi connectivity index (χ2v) is 7.93. The van der Waals surface area contributed by atoms with Crippen molar-refractivity contribution < 1.29 is 19.1 Å². The van der Waals surface area contributed by atoms with E-state index in [1.54, 1.807) is 30.5 Å². The quantitative estimate of drug-likeness (QED) is 0.356. The number of furan rings is 1. The van der Waals surface area contributed by atoms with Crippen LogP contribution in [0.5, 0.6) is 5.75 Å². The van der Waals surface area contributed by atoms with E-state index in [1.807, 2.05) is 24.3 Å². The molecule has 0 bridgehead atoms. The molecule has 0 fully saturated rings. The van der Waals surface area contributed by atoms with Gasteiger partial charge in [-0.2, -0.15) is 0 Å². The summed E-state index contributed by atoms with van der Waals surface area (Å²) in [5, 5.41) is 13.1. The zero-order valence-corrected chi connectivity index (χ0v) is 18.1. The molecule has 0 aliphatic rings. The Morgan fingerprint density at radius 1 is 0.969 bits per heavy atom. The highest BCUT2D eigenvalue weighted by Crippen LogP contribution is 2.21. The molecule has 164 valence electrons. The third-order valence-corrected chi connectivity index (χ3v) is 5.41. The molecule has 4 rings (SSSR count). The average molecular weight is 430 g/mol. The number of hydrogen-bond acceptors (Lipinski definition) is 5. The molecule has 3 aromatic carbocycles. The molecule has 4 aromatic rings. The highest BCUT2D eigenvalue weighted by Gasteiger charge is 2.16. The molecule has 0 saturated carbocycles. The highest BCUT2D eigenvalue weighted by molar-refractivity contribution is 5.94. The fourth-order valence-electron chi connectivity index (χ4n) is 3.81. The van der Waals surface area contributed by atoms with Crippen LogP contribution in [0.4, 0.5) is 0 Å². The zero-order valence-electron chi connectivity index (χ0n) is 18.1. The highest BCUT2D eigenvalue weighted by atomic mass is 16.5. The van der Waals surface area contributed by atoms with Gasteiger partial charge in [0.05, 0.1) is 12.8 Å². The molecule has 0 aliphatic heterocycles. The lowest BCUT2D eigenvalue weighted by molar-refractivity contribution is 0.0606. The van der Waals surface area contributed by atoms with Crippen LogP contribution in [0.3, 0.4) is 0 Å². The van der Waals surface area contributed by atoms with Gasteiger partial charge in [-0.3, -0.25) is 9.69 Å². The minimum Gasteiger partial charge on any atom is -0.491 e. The van der Waals surface area contributed by atoms with Gasteiger partial charge >= 0.3 is 0 Å². The van der Waals surface area contributed by atoms with Crippen molar-refractivity contribution in [3.05, 3.63) is 102 Å². The SMILES string of the molecule is CC(=O)c1ccc(OCC(O)CN(Cc2ccco2)Cc2cccc3ccccc23)cc1. The van der Waals surface area contributed by atoms with Crippen molar-refractivity contribution in [3.8, 4) is 5.75 Å². The normalized spacial score (nSPS) is 12.2. The number of hydrogen-bond donors (Lipinski definition) is 1. The molecular weight excluding hydrogens is 402 g/mol. The molecule has 1 heterocycles. The molecule has 1 aromatic heterocycles. The molecule has 1 atom stereocenters. The Bertz CT molecular complexity index is 1150. The smallest absolute Gasteiger partial charge is 0.159 e. The number of ketones is 1. The first kappa shape index (κ1) is 21.8. The van der Waals surface area contributed by atoms with Crippen LogP contribution in [0.2, 0.25) is 0 Å². The Hall–Kier alpha value is -3.41. The van der Waals surface area contributed by atoms with Crippen LogP contribution in [-0.2, 0) is 13.1 Å². The van der Waals surface area contributed by atoms with Crippen LogP contribution in [0.15, 0.2) is 89.5 Å². The number of carbonyl (C=O) groups excluding carboxylic acids is 1. The van der Waals surface area contributed by atoms with Crippen molar-refractivity contribution in [1.82, 2.24) is 4.90 Å². The monoisotopic (exact) mass is 429 g/mol. The summed E-state index contributed by atoms with van der Waals surface area (Å²) in [7, 11) is 0. The van der Waals surface area contributed by atoms with Gasteiger partial charge < -0.3 is 14.3 Å². The molecule has 0 spiro atoms. The van der Waals surface area contributed by atoms with Gasteiger partial charge in [0.1, 0.15) is 24.2 Å². The van der Waals surface area contributed by atoms with Crippen LogP contribution >= 0.6 is 0 Å². The minimum atomic E-state index is -0.688. The molecule has 0 saturated heterocycles. The first-order valence-electron chi connectivity index (χ1n) is 10.7. The zero-order chi connectivity index (χ0) is 22.3. The van der Waals surface area contributed by atoms with E-state index in [2.05, 4.69) is 35.2 Å². The molecule has 0 radical (unpaired) electrons. The standard InChI is InChI=1S/C27H27NO4/c1-20(29)21-11-13-25(14-12-21)32-19-24(30)17-28(18-26-9-5-15-31-26)16-23-8-4-7-22-6-2-3-10-27(22)23/h2-15,24,30H,16-19H2,1H3. The van der Waals surface area contributed by atoms with Crippen LogP contribution in [0, 0.1) is 0 Å². The molecule has 5 heteroatoms. The summed E-state index contributed by atoms with van der Waals surface area (Å²) in [6.45, 7) is 3.37. The molecule has 1 N–H and O–H groups in total. The fraction of sp³-hybridized carbons (Fsp3) is 0.222. The first-order chi connectivity index (χ1) is 15.6. The van der Waals surface area contributed by atoms with Crippen molar-refractivity contribution in [2.45, 2.75) is 26.1 Å². The third kappa shape index (κ3) is 5.63.